The molecule has 3 amide bonds. The van der Waals surface area contributed by atoms with E-state index in [0.29, 0.717) is 5.69 Å². The highest BCUT2D eigenvalue weighted by Crippen LogP contribution is 2.18. The summed E-state index contributed by atoms with van der Waals surface area (Å²) < 4.78 is 11.6. The van der Waals surface area contributed by atoms with E-state index in [1.54, 1.807) is 58.0 Å². The van der Waals surface area contributed by atoms with Gasteiger partial charge in [-0.05, 0) is 39.8 Å². The lowest BCUT2D eigenvalue weighted by atomic mass is 10.1. The molecule has 0 bridgehead atoms. The quantitative estimate of drug-likeness (QED) is 0.531. The van der Waals surface area contributed by atoms with E-state index in [2.05, 4.69) is 10.4 Å². The standard InChI is InChI=1S/C25H33N5O7/c1-5-36-24(35)29-13-11-28(12-14-29)23(34)19(16-21(32)37-25(2,3)4)26-22(33)18-15-20(31)30(27-18)17-9-7-6-8-10-17/h6-10,15,19,31H,5,11-14,16H2,1-4H3,(H,26,33)/t19-/m0/s1. The minimum absolute atomic E-state index is 0.129. The molecule has 1 fully saturated rings. The van der Waals surface area contributed by atoms with Gasteiger partial charge in [0.2, 0.25) is 11.8 Å². The van der Waals surface area contributed by atoms with E-state index in [0.717, 1.165) is 0 Å². The molecule has 1 atom stereocenters. The number of rotatable bonds is 7. The summed E-state index contributed by atoms with van der Waals surface area (Å²) in [5.74, 6) is -2.15. The molecular weight excluding hydrogens is 482 g/mol. The first kappa shape index (κ1) is 27.5. The maximum atomic E-state index is 13.4. The van der Waals surface area contributed by atoms with Crippen LogP contribution in [0.1, 0.15) is 44.6 Å². The van der Waals surface area contributed by atoms with Crippen molar-refractivity contribution in [2.24, 2.45) is 0 Å². The van der Waals surface area contributed by atoms with Crippen LogP contribution in [-0.4, -0.2) is 93.0 Å². The van der Waals surface area contributed by atoms with Crippen LogP contribution < -0.4 is 5.32 Å². The Kier molecular flexibility index (Phi) is 8.74. The molecule has 1 aromatic heterocycles. The normalized spacial score (nSPS) is 14.6. The van der Waals surface area contributed by atoms with Gasteiger partial charge < -0.3 is 29.7 Å². The maximum Gasteiger partial charge on any atom is 0.409 e. The fraction of sp³-hybridized carbons (Fsp3) is 0.480. The lowest BCUT2D eigenvalue weighted by Crippen LogP contribution is -2.56. The van der Waals surface area contributed by atoms with Gasteiger partial charge in [0, 0.05) is 32.2 Å². The van der Waals surface area contributed by atoms with Gasteiger partial charge >= 0.3 is 12.1 Å². The van der Waals surface area contributed by atoms with Crippen molar-refractivity contribution in [2.45, 2.75) is 45.8 Å². The van der Waals surface area contributed by atoms with Crippen LogP contribution in [0.25, 0.3) is 5.69 Å². The van der Waals surface area contributed by atoms with Crippen molar-refractivity contribution in [1.29, 1.82) is 0 Å². The van der Waals surface area contributed by atoms with E-state index < -0.39 is 41.9 Å². The van der Waals surface area contributed by atoms with Gasteiger partial charge in [0.05, 0.1) is 18.7 Å². The second-order valence-electron chi connectivity index (χ2n) is 9.46. The summed E-state index contributed by atoms with van der Waals surface area (Å²) in [5.41, 5.74) is -0.365. The first-order valence-corrected chi connectivity index (χ1v) is 12.1. The lowest BCUT2D eigenvalue weighted by molar-refractivity contribution is -0.157. The van der Waals surface area contributed by atoms with E-state index in [-0.39, 0.29) is 44.4 Å². The maximum absolute atomic E-state index is 13.4. The number of esters is 1. The Hall–Kier alpha value is -4.09. The van der Waals surface area contributed by atoms with Crippen LogP contribution in [0.3, 0.4) is 0 Å². The summed E-state index contributed by atoms with van der Waals surface area (Å²) >= 11 is 0. The summed E-state index contributed by atoms with van der Waals surface area (Å²) in [7, 11) is 0. The molecule has 0 saturated carbocycles. The smallest absolute Gasteiger partial charge is 0.409 e. The number of aromatic hydroxyl groups is 1. The topological polar surface area (TPSA) is 143 Å². The molecule has 1 aliphatic heterocycles. The summed E-state index contributed by atoms with van der Waals surface area (Å²) in [4.78, 5) is 53.9. The molecule has 1 saturated heterocycles. The molecule has 12 heteroatoms. The van der Waals surface area contributed by atoms with E-state index in [9.17, 15) is 24.3 Å². The van der Waals surface area contributed by atoms with E-state index in [4.69, 9.17) is 9.47 Å². The molecule has 1 aliphatic rings. The van der Waals surface area contributed by atoms with Crippen LogP contribution >= 0.6 is 0 Å². The fourth-order valence-electron chi connectivity index (χ4n) is 3.77. The van der Waals surface area contributed by atoms with Crippen LogP contribution in [0, 0.1) is 0 Å². The second-order valence-corrected chi connectivity index (χ2v) is 9.46. The zero-order chi connectivity index (χ0) is 27.2. The average molecular weight is 516 g/mol. The van der Waals surface area contributed by atoms with Crippen molar-refractivity contribution >= 4 is 23.9 Å². The van der Waals surface area contributed by atoms with Crippen LogP contribution in [0.2, 0.25) is 0 Å². The highest BCUT2D eigenvalue weighted by Gasteiger charge is 2.33. The van der Waals surface area contributed by atoms with Gasteiger partial charge in [-0.2, -0.15) is 5.10 Å². The molecule has 2 N–H and O–H groups in total. The summed E-state index contributed by atoms with van der Waals surface area (Å²) in [6.45, 7) is 8.00. The van der Waals surface area contributed by atoms with Gasteiger partial charge in [-0.1, -0.05) is 18.2 Å². The van der Waals surface area contributed by atoms with Crippen LogP contribution in [0.15, 0.2) is 36.4 Å². The van der Waals surface area contributed by atoms with Crippen molar-refractivity contribution in [1.82, 2.24) is 24.9 Å². The number of carbonyl (C=O) groups excluding carboxylic acids is 4. The molecule has 3 rings (SSSR count). The van der Waals surface area contributed by atoms with E-state index in [1.165, 1.54) is 20.5 Å². The molecule has 37 heavy (non-hydrogen) atoms. The van der Waals surface area contributed by atoms with Crippen molar-refractivity contribution in [3.8, 4) is 11.6 Å². The molecule has 2 aromatic rings. The highest BCUT2D eigenvalue weighted by molar-refractivity contribution is 5.97. The van der Waals surface area contributed by atoms with Crippen molar-refractivity contribution in [3.05, 3.63) is 42.1 Å². The number of benzene rings is 1. The van der Waals surface area contributed by atoms with Gasteiger partial charge in [0.1, 0.15) is 11.6 Å². The number of ether oxygens (including phenoxy) is 2. The number of hydrogen-bond donors (Lipinski definition) is 2. The molecule has 200 valence electrons. The van der Waals surface area contributed by atoms with Crippen molar-refractivity contribution in [2.75, 3.05) is 32.8 Å². The highest BCUT2D eigenvalue weighted by atomic mass is 16.6. The predicted octanol–water partition coefficient (Wildman–Crippen LogP) is 1.71. The Morgan fingerprint density at radius 1 is 1.05 bits per heavy atom. The molecular formula is C25H33N5O7. The second kappa shape index (κ2) is 11.8. The molecule has 0 unspecified atom stereocenters. The minimum atomic E-state index is -1.24. The van der Waals surface area contributed by atoms with Gasteiger partial charge in [-0.15, -0.1) is 0 Å². The predicted molar refractivity (Wildman–Crippen MR) is 132 cm³/mol. The van der Waals surface area contributed by atoms with E-state index >= 15 is 0 Å². The van der Waals surface area contributed by atoms with E-state index in [1.807, 2.05) is 0 Å². The minimum Gasteiger partial charge on any atom is -0.493 e. The third kappa shape index (κ3) is 7.45. The first-order chi connectivity index (χ1) is 17.5. The number of nitrogens with zero attached hydrogens (tertiary/aromatic N) is 4. The number of amides is 3. The number of para-hydroxylation sites is 1. The summed E-state index contributed by atoms with van der Waals surface area (Å²) in [6.07, 6.45) is -0.854. The van der Waals surface area contributed by atoms with Gasteiger partial charge in [-0.3, -0.25) is 14.4 Å². The first-order valence-electron chi connectivity index (χ1n) is 12.1. The Labute approximate surface area is 215 Å². The fourth-order valence-corrected chi connectivity index (χ4v) is 3.77. The number of piperazine rings is 1. The third-order valence-electron chi connectivity index (χ3n) is 5.44. The molecule has 12 nitrogen and oxygen atoms in total. The SMILES string of the molecule is CCOC(=O)N1CCN(C(=O)[C@H](CC(=O)OC(C)(C)C)NC(=O)c2cc(O)n(-c3ccccc3)n2)CC1. The number of aromatic nitrogens is 2. The molecule has 0 radical (unpaired) electrons. The number of hydrogen-bond acceptors (Lipinski definition) is 8. The zero-order valence-corrected chi connectivity index (χ0v) is 21.5. The van der Waals surface area contributed by atoms with Gasteiger partial charge in [0.25, 0.3) is 5.91 Å². The average Bonchev–Trinajstić information content (AvgIpc) is 3.24. The molecule has 1 aromatic carbocycles. The Morgan fingerprint density at radius 2 is 1.68 bits per heavy atom. The van der Waals surface area contributed by atoms with Crippen LogP contribution in [-0.2, 0) is 19.1 Å². The van der Waals surface area contributed by atoms with Gasteiger partial charge in [-0.25, -0.2) is 9.48 Å². The van der Waals surface area contributed by atoms with Crippen LogP contribution in [0.4, 0.5) is 4.79 Å². The number of carbonyl (C=O) groups is 4. The molecule has 2 heterocycles. The number of nitrogens with one attached hydrogen (secondary N) is 1. The molecule has 0 aliphatic carbocycles. The Morgan fingerprint density at radius 3 is 2.27 bits per heavy atom. The monoisotopic (exact) mass is 515 g/mol. The summed E-state index contributed by atoms with van der Waals surface area (Å²) in [6, 6.07) is 8.67. The van der Waals surface area contributed by atoms with Crippen molar-refractivity contribution in [3.63, 3.8) is 0 Å². The third-order valence-corrected chi connectivity index (χ3v) is 5.44. The lowest BCUT2D eigenvalue weighted by Gasteiger charge is -2.35. The summed E-state index contributed by atoms with van der Waals surface area (Å²) in [5, 5.41) is 17.0. The largest absolute Gasteiger partial charge is 0.493 e. The molecule has 0 spiro atoms. The Balaban J connectivity index is 1.75. The van der Waals surface area contributed by atoms with Gasteiger partial charge in [0.15, 0.2) is 5.69 Å². The Bertz CT molecular complexity index is 1120. The van der Waals surface area contributed by atoms with Crippen molar-refractivity contribution < 1.29 is 33.8 Å². The zero-order valence-electron chi connectivity index (χ0n) is 21.5. The van der Waals surface area contributed by atoms with Crippen LogP contribution in [0.5, 0.6) is 5.88 Å².